The summed E-state index contributed by atoms with van der Waals surface area (Å²) >= 11 is 0. The highest BCUT2D eigenvalue weighted by Gasteiger charge is 2.06. The Morgan fingerprint density at radius 3 is 2.74 bits per heavy atom. The van der Waals surface area contributed by atoms with Crippen molar-refractivity contribution in [3.63, 3.8) is 0 Å². The Bertz CT molecular complexity index is 716. The quantitative estimate of drug-likeness (QED) is 0.690. The van der Waals surface area contributed by atoms with Gasteiger partial charge in [-0.05, 0) is 30.7 Å². The fourth-order valence-corrected chi connectivity index (χ4v) is 2.04. The maximum atomic E-state index is 13.0. The summed E-state index contributed by atoms with van der Waals surface area (Å²) in [7, 11) is 0. The fourth-order valence-electron chi connectivity index (χ4n) is 2.04. The standard InChI is InChI=1S/C16H13FO2/c1-11-4-2-5-12-8-15(19-16(11)12)10-18-14-7-3-6-13(17)9-14/h2-9H,10H2,1H3. The molecule has 3 aromatic rings. The average Bonchev–Trinajstić information content (AvgIpc) is 2.81. The van der Waals surface area contributed by atoms with Crippen LogP contribution in [0.2, 0.25) is 0 Å². The van der Waals surface area contributed by atoms with Gasteiger partial charge < -0.3 is 9.15 Å². The van der Waals surface area contributed by atoms with Crippen molar-refractivity contribution in [2.75, 3.05) is 0 Å². The monoisotopic (exact) mass is 256 g/mol. The summed E-state index contributed by atoms with van der Waals surface area (Å²) in [5.74, 6) is 0.920. The number of hydrogen-bond donors (Lipinski definition) is 0. The van der Waals surface area contributed by atoms with E-state index in [1.807, 2.05) is 31.2 Å². The molecule has 2 nitrogen and oxygen atoms in total. The zero-order valence-corrected chi connectivity index (χ0v) is 10.5. The SMILES string of the molecule is Cc1cccc2cc(COc3cccc(F)c3)oc12. The maximum absolute atomic E-state index is 13.0. The number of halogens is 1. The van der Waals surface area contributed by atoms with Gasteiger partial charge in [-0.15, -0.1) is 0 Å². The van der Waals surface area contributed by atoms with Gasteiger partial charge in [-0.25, -0.2) is 4.39 Å². The molecular weight excluding hydrogens is 243 g/mol. The summed E-state index contributed by atoms with van der Waals surface area (Å²) in [5.41, 5.74) is 1.97. The predicted octanol–water partition coefficient (Wildman–Crippen LogP) is 4.46. The molecule has 3 rings (SSSR count). The van der Waals surface area contributed by atoms with Gasteiger partial charge >= 0.3 is 0 Å². The van der Waals surface area contributed by atoms with Crippen molar-refractivity contribution in [3.8, 4) is 5.75 Å². The minimum absolute atomic E-state index is 0.289. The van der Waals surface area contributed by atoms with Gasteiger partial charge in [-0.2, -0.15) is 0 Å². The molecule has 96 valence electrons. The largest absolute Gasteiger partial charge is 0.486 e. The van der Waals surface area contributed by atoms with Crippen LogP contribution in [0.25, 0.3) is 11.0 Å². The number of aryl methyl sites for hydroxylation is 1. The van der Waals surface area contributed by atoms with Crippen molar-refractivity contribution in [2.45, 2.75) is 13.5 Å². The Hall–Kier alpha value is -2.29. The first kappa shape index (κ1) is 11.8. The van der Waals surface area contributed by atoms with Gasteiger partial charge in [-0.3, -0.25) is 0 Å². The topological polar surface area (TPSA) is 22.4 Å². The molecule has 0 saturated heterocycles. The van der Waals surface area contributed by atoms with Gasteiger partial charge in [0.15, 0.2) is 0 Å². The van der Waals surface area contributed by atoms with Crippen LogP contribution in [0.5, 0.6) is 5.75 Å². The molecule has 0 aliphatic carbocycles. The lowest BCUT2D eigenvalue weighted by molar-refractivity contribution is 0.273. The summed E-state index contributed by atoms with van der Waals surface area (Å²) in [6.07, 6.45) is 0. The van der Waals surface area contributed by atoms with Crippen LogP contribution >= 0.6 is 0 Å². The lowest BCUT2D eigenvalue weighted by Gasteiger charge is -2.03. The van der Waals surface area contributed by atoms with Crippen LogP contribution in [-0.4, -0.2) is 0 Å². The third-order valence-corrected chi connectivity index (χ3v) is 2.97. The summed E-state index contributed by atoms with van der Waals surface area (Å²) in [4.78, 5) is 0. The van der Waals surface area contributed by atoms with Crippen LogP contribution in [0.15, 0.2) is 52.9 Å². The van der Waals surface area contributed by atoms with Crippen LogP contribution in [0.1, 0.15) is 11.3 Å². The normalized spacial score (nSPS) is 10.8. The van der Waals surface area contributed by atoms with E-state index < -0.39 is 0 Å². The van der Waals surface area contributed by atoms with E-state index in [1.54, 1.807) is 12.1 Å². The highest BCUT2D eigenvalue weighted by atomic mass is 19.1. The smallest absolute Gasteiger partial charge is 0.146 e. The van der Waals surface area contributed by atoms with Crippen molar-refractivity contribution in [1.29, 1.82) is 0 Å². The molecule has 0 radical (unpaired) electrons. The summed E-state index contributed by atoms with van der Waals surface area (Å²) in [6.45, 7) is 2.29. The molecule has 0 atom stereocenters. The second kappa shape index (κ2) is 4.76. The predicted molar refractivity (Wildman–Crippen MR) is 71.7 cm³/mol. The van der Waals surface area contributed by atoms with Crippen molar-refractivity contribution >= 4 is 11.0 Å². The zero-order chi connectivity index (χ0) is 13.2. The first-order chi connectivity index (χ1) is 9.22. The first-order valence-corrected chi connectivity index (χ1v) is 6.09. The van der Waals surface area contributed by atoms with Crippen molar-refractivity contribution in [3.05, 3.63) is 65.7 Å². The zero-order valence-electron chi connectivity index (χ0n) is 10.5. The Kier molecular flexibility index (Phi) is 2.95. The fraction of sp³-hybridized carbons (Fsp3) is 0.125. The van der Waals surface area contributed by atoms with Crippen LogP contribution < -0.4 is 4.74 Å². The molecule has 0 bridgehead atoms. The van der Waals surface area contributed by atoms with E-state index in [4.69, 9.17) is 9.15 Å². The highest BCUT2D eigenvalue weighted by molar-refractivity contribution is 5.80. The van der Waals surface area contributed by atoms with Crippen molar-refractivity contribution in [1.82, 2.24) is 0 Å². The number of benzene rings is 2. The Morgan fingerprint density at radius 2 is 1.95 bits per heavy atom. The van der Waals surface area contributed by atoms with E-state index >= 15 is 0 Å². The minimum Gasteiger partial charge on any atom is -0.486 e. The summed E-state index contributed by atoms with van der Waals surface area (Å²) in [5, 5.41) is 1.05. The molecule has 3 heteroatoms. The van der Waals surface area contributed by atoms with Crippen LogP contribution in [0, 0.1) is 12.7 Å². The molecule has 2 aromatic carbocycles. The van der Waals surface area contributed by atoms with E-state index in [1.165, 1.54) is 12.1 Å². The van der Waals surface area contributed by atoms with Gasteiger partial charge in [0.1, 0.15) is 29.5 Å². The van der Waals surface area contributed by atoms with Gasteiger partial charge in [0.05, 0.1) is 0 Å². The number of para-hydroxylation sites is 1. The first-order valence-electron chi connectivity index (χ1n) is 6.09. The molecule has 0 N–H and O–H groups in total. The minimum atomic E-state index is -0.307. The number of hydrogen-bond acceptors (Lipinski definition) is 2. The van der Waals surface area contributed by atoms with Crippen LogP contribution in [-0.2, 0) is 6.61 Å². The van der Waals surface area contributed by atoms with Crippen molar-refractivity contribution in [2.24, 2.45) is 0 Å². The molecule has 0 aliphatic rings. The van der Waals surface area contributed by atoms with E-state index in [2.05, 4.69) is 0 Å². The van der Waals surface area contributed by atoms with Gasteiger partial charge in [0, 0.05) is 11.5 Å². The Morgan fingerprint density at radius 1 is 1.11 bits per heavy atom. The lowest BCUT2D eigenvalue weighted by Crippen LogP contribution is -1.93. The molecule has 0 unspecified atom stereocenters. The Balaban J connectivity index is 1.80. The molecule has 0 amide bonds. The molecular formula is C16H13FO2. The molecule has 1 aromatic heterocycles. The van der Waals surface area contributed by atoms with Gasteiger partial charge in [0.25, 0.3) is 0 Å². The van der Waals surface area contributed by atoms with Crippen molar-refractivity contribution < 1.29 is 13.5 Å². The van der Waals surface area contributed by atoms with E-state index in [9.17, 15) is 4.39 Å². The average molecular weight is 256 g/mol. The third-order valence-electron chi connectivity index (χ3n) is 2.97. The molecule has 19 heavy (non-hydrogen) atoms. The van der Waals surface area contributed by atoms with E-state index in [0.29, 0.717) is 5.75 Å². The molecule has 0 fully saturated rings. The molecule has 1 heterocycles. The second-order valence-corrected chi connectivity index (χ2v) is 4.45. The molecule has 0 spiro atoms. The Labute approximate surface area is 110 Å². The number of furan rings is 1. The number of fused-ring (bicyclic) bond motifs is 1. The van der Waals surface area contributed by atoms with Gasteiger partial charge in [0.2, 0.25) is 0 Å². The van der Waals surface area contributed by atoms with Crippen LogP contribution in [0.4, 0.5) is 4.39 Å². The second-order valence-electron chi connectivity index (χ2n) is 4.45. The molecule has 0 aliphatic heterocycles. The highest BCUT2D eigenvalue weighted by Crippen LogP contribution is 2.23. The van der Waals surface area contributed by atoms with Crippen LogP contribution in [0.3, 0.4) is 0 Å². The van der Waals surface area contributed by atoms with Gasteiger partial charge in [-0.1, -0.05) is 24.3 Å². The maximum Gasteiger partial charge on any atom is 0.146 e. The number of rotatable bonds is 3. The summed E-state index contributed by atoms with van der Waals surface area (Å²) in [6, 6.07) is 14.0. The number of ether oxygens (including phenoxy) is 1. The lowest BCUT2D eigenvalue weighted by atomic mass is 10.2. The third kappa shape index (κ3) is 2.45. The summed E-state index contributed by atoms with van der Waals surface area (Å²) < 4.78 is 24.3. The molecule has 0 saturated carbocycles. The van der Waals surface area contributed by atoms with E-state index in [-0.39, 0.29) is 12.4 Å². The van der Waals surface area contributed by atoms with E-state index in [0.717, 1.165) is 22.3 Å².